The molecule has 0 saturated carbocycles. The van der Waals surface area contributed by atoms with Crippen molar-refractivity contribution in [2.75, 3.05) is 0 Å². The van der Waals surface area contributed by atoms with Crippen molar-refractivity contribution in [2.24, 2.45) is 0 Å². The van der Waals surface area contributed by atoms with E-state index in [4.69, 9.17) is 0 Å². The molecule has 2 heterocycles. The van der Waals surface area contributed by atoms with E-state index in [-0.39, 0.29) is 5.56 Å². The highest BCUT2D eigenvalue weighted by molar-refractivity contribution is 5.79. The summed E-state index contributed by atoms with van der Waals surface area (Å²) in [6.45, 7) is 4.14. The van der Waals surface area contributed by atoms with E-state index in [2.05, 4.69) is 16.9 Å². The van der Waals surface area contributed by atoms with Crippen molar-refractivity contribution in [3.8, 4) is 0 Å². The Bertz CT molecular complexity index is 798. The maximum absolute atomic E-state index is 12.6. The first-order chi connectivity index (χ1) is 9.26. The van der Waals surface area contributed by atoms with E-state index >= 15 is 0 Å². The highest BCUT2D eigenvalue weighted by atomic mass is 16.1. The van der Waals surface area contributed by atoms with E-state index in [1.54, 1.807) is 4.40 Å². The molecule has 0 saturated heterocycles. The number of hydrogen-bond donors (Lipinski definition) is 1. The Morgan fingerprint density at radius 3 is 2.79 bits per heavy atom. The number of hydrogen-bond acceptors (Lipinski definition) is 2. The quantitative estimate of drug-likeness (QED) is 0.782. The van der Waals surface area contributed by atoms with Crippen LogP contribution >= 0.6 is 0 Å². The molecule has 19 heavy (non-hydrogen) atoms. The Kier molecular flexibility index (Phi) is 2.85. The second-order valence-electron chi connectivity index (χ2n) is 4.75. The fourth-order valence-electron chi connectivity index (χ4n) is 2.62. The van der Waals surface area contributed by atoms with E-state index in [9.17, 15) is 4.79 Å². The average Bonchev–Trinajstić information content (AvgIpc) is 2.77. The number of aryl methyl sites for hydroxylation is 1. The first kappa shape index (κ1) is 12.0. The second-order valence-corrected chi connectivity index (χ2v) is 4.75. The van der Waals surface area contributed by atoms with E-state index < -0.39 is 0 Å². The van der Waals surface area contributed by atoms with Crippen LogP contribution in [0.25, 0.3) is 16.8 Å². The fraction of sp³-hybridized carbons (Fsp3) is 0.333. The van der Waals surface area contributed by atoms with Crippen LogP contribution in [-0.2, 0) is 12.8 Å². The summed E-state index contributed by atoms with van der Waals surface area (Å²) in [7, 11) is 0. The van der Waals surface area contributed by atoms with Crippen LogP contribution in [0.5, 0.6) is 0 Å². The largest absolute Gasteiger partial charge is 0.328 e. The van der Waals surface area contributed by atoms with E-state index in [1.165, 1.54) is 0 Å². The first-order valence-corrected chi connectivity index (χ1v) is 6.77. The van der Waals surface area contributed by atoms with Gasteiger partial charge in [-0.25, -0.2) is 9.38 Å². The number of nitrogens with zero attached hydrogens (tertiary/aromatic N) is 2. The van der Waals surface area contributed by atoms with Gasteiger partial charge in [0.25, 0.3) is 5.56 Å². The fourth-order valence-corrected chi connectivity index (χ4v) is 2.62. The van der Waals surface area contributed by atoms with Crippen molar-refractivity contribution < 1.29 is 0 Å². The monoisotopic (exact) mass is 255 g/mol. The molecule has 2 aromatic heterocycles. The minimum absolute atomic E-state index is 0.0633. The van der Waals surface area contributed by atoms with Gasteiger partial charge in [0.15, 0.2) is 0 Å². The molecular weight excluding hydrogens is 238 g/mol. The molecule has 0 radical (unpaired) electrons. The lowest BCUT2D eigenvalue weighted by Crippen LogP contribution is -2.21. The van der Waals surface area contributed by atoms with Gasteiger partial charge in [0.1, 0.15) is 0 Å². The standard InChI is InChI=1S/C15H17N3O/c1-3-7-11-10(4-2)14(19)18-13-9-6-5-8-12(13)17-15(18)16-11/h5-6,8-9H,3-4,7H2,1-2H3,(H,16,17). The zero-order valence-corrected chi connectivity index (χ0v) is 11.2. The Balaban J connectivity index is 2.45. The molecule has 0 bridgehead atoms. The number of imidazole rings is 1. The molecule has 0 aliphatic heterocycles. The van der Waals surface area contributed by atoms with Crippen LogP contribution in [0.3, 0.4) is 0 Å². The van der Waals surface area contributed by atoms with Crippen molar-refractivity contribution in [1.29, 1.82) is 0 Å². The topological polar surface area (TPSA) is 50.2 Å². The second kappa shape index (κ2) is 4.53. The van der Waals surface area contributed by atoms with Crippen LogP contribution in [0.4, 0.5) is 0 Å². The summed E-state index contributed by atoms with van der Waals surface area (Å²) in [5, 5.41) is 0. The number of aromatic nitrogens is 3. The van der Waals surface area contributed by atoms with Crippen molar-refractivity contribution in [3.63, 3.8) is 0 Å². The van der Waals surface area contributed by atoms with Gasteiger partial charge in [-0.3, -0.25) is 4.79 Å². The molecule has 0 amide bonds. The number of rotatable bonds is 3. The van der Waals surface area contributed by atoms with E-state index in [0.717, 1.165) is 41.6 Å². The summed E-state index contributed by atoms with van der Waals surface area (Å²) in [5.74, 6) is 0.645. The van der Waals surface area contributed by atoms with Crippen LogP contribution in [0, 0.1) is 0 Å². The van der Waals surface area contributed by atoms with Crippen LogP contribution in [0.2, 0.25) is 0 Å². The number of fused-ring (bicyclic) bond motifs is 3. The van der Waals surface area contributed by atoms with Crippen molar-refractivity contribution in [2.45, 2.75) is 33.1 Å². The molecule has 1 N–H and O–H groups in total. The molecule has 0 aliphatic rings. The summed E-state index contributed by atoms with van der Waals surface area (Å²) >= 11 is 0. The molecule has 1 aromatic carbocycles. The Hall–Kier alpha value is -2.10. The van der Waals surface area contributed by atoms with Crippen molar-refractivity contribution in [1.82, 2.24) is 14.4 Å². The molecule has 0 fully saturated rings. The molecule has 0 atom stereocenters. The number of nitrogens with one attached hydrogen (secondary N) is 1. The third-order valence-electron chi connectivity index (χ3n) is 3.50. The van der Waals surface area contributed by atoms with Gasteiger partial charge in [0.2, 0.25) is 5.78 Å². The molecule has 3 rings (SSSR count). The molecule has 3 aromatic rings. The maximum Gasteiger partial charge on any atom is 0.262 e. The van der Waals surface area contributed by atoms with Gasteiger partial charge in [0, 0.05) is 11.3 Å². The van der Waals surface area contributed by atoms with Gasteiger partial charge in [-0.05, 0) is 25.0 Å². The van der Waals surface area contributed by atoms with E-state index in [1.807, 2.05) is 31.2 Å². The smallest absolute Gasteiger partial charge is 0.262 e. The Labute approximate surface area is 111 Å². The van der Waals surface area contributed by atoms with Gasteiger partial charge in [-0.1, -0.05) is 32.4 Å². The lowest BCUT2D eigenvalue weighted by Gasteiger charge is -2.07. The molecule has 0 unspecified atom stereocenters. The third kappa shape index (κ3) is 1.75. The average molecular weight is 255 g/mol. The number of para-hydroxylation sites is 2. The van der Waals surface area contributed by atoms with Gasteiger partial charge in [-0.2, -0.15) is 0 Å². The van der Waals surface area contributed by atoms with Gasteiger partial charge in [-0.15, -0.1) is 0 Å². The maximum atomic E-state index is 12.6. The normalized spacial score (nSPS) is 11.5. The van der Waals surface area contributed by atoms with Crippen LogP contribution < -0.4 is 5.56 Å². The molecule has 0 spiro atoms. The number of aromatic amines is 1. The molecular formula is C15H17N3O. The highest BCUT2D eigenvalue weighted by Crippen LogP contribution is 2.15. The third-order valence-corrected chi connectivity index (χ3v) is 3.50. The lowest BCUT2D eigenvalue weighted by atomic mass is 10.1. The zero-order valence-electron chi connectivity index (χ0n) is 11.2. The van der Waals surface area contributed by atoms with Crippen LogP contribution in [0.15, 0.2) is 29.1 Å². The predicted octanol–water partition coefficient (Wildman–Crippen LogP) is 2.69. The minimum Gasteiger partial charge on any atom is -0.328 e. The zero-order chi connectivity index (χ0) is 13.4. The predicted molar refractivity (Wildman–Crippen MR) is 76.7 cm³/mol. The first-order valence-electron chi connectivity index (χ1n) is 6.77. The SMILES string of the molecule is CCCc1[nH]c2nc3ccccc3n2c(=O)c1CC. The van der Waals surface area contributed by atoms with Crippen molar-refractivity contribution in [3.05, 3.63) is 45.9 Å². The summed E-state index contributed by atoms with van der Waals surface area (Å²) < 4.78 is 1.69. The van der Waals surface area contributed by atoms with Crippen molar-refractivity contribution >= 4 is 16.8 Å². The van der Waals surface area contributed by atoms with Crippen LogP contribution in [-0.4, -0.2) is 14.4 Å². The number of benzene rings is 1. The summed E-state index contributed by atoms with van der Waals surface area (Å²) in [5.41, 5.74) is 3.69. The highest BCUT2D eigenvalue weighted by Gasteiger charge is 2.13. The molecule has 0 aliphatic carbocycles. The summed E-state index contributed by atoms with van der Waals surface area (Å²) in [4.78, 5) is 20.5. The number of H-pyrrole nitrogens is 1. The van der Waals surface area contributed by atoms with Gasteiger partial charge < -0.3 is 4.98 Å². The molecule has 4 heteroatoms. The van der Waals surface area contributed by atoms with Gasteiger partial charge in [0.05, 0.1) is 11.0 Å². The lowest BCUT2D eigenvalue weighted by molar-refractivity contribution is 0.835. The molecule has 4 nitrogen and oxygen atoms in total. The van der Waals surface area contributed by atoms with Gasteiger partial charge >= 0.3 is 0 Å². The Morgan fingerprint density at radius 1 is 1.26 bits per heavy atom. The van der Waals surface area contributed by atoms with E-state index in [0.29, 0.717) is 5.78 Å². The summed E-state index contributed by atoms with van der Waals surface area (Å²) in [6, 6.07) is 7.73. The summed E-state index contributed by atoms with van der Waals surface area (Å²) in [6.07, 6.45) is 2.64. The van der Waals surface area contributed by atoms with Crippen LogP contribution in [0.1, 0.15) is 31.5 Å². The minimum atomic E-state index is 0.0633. The molecule has 98 valence electrons. The Morgan fingerprint density at radius 2 is 2.05 bits per heavy atom.